The van der Waals surface area contributed by atoms with Gasteiger partial charge in [0, 0.05) is 5.33 Å². The quantitative estimate of drug-likeness (QED) is 0.779. The molecule has 1 rings (SSSR count). The summed E-state index contributed by atoms with van der Waals surface area (Å²) in [5.74, 6) is 1.98. The number of alkyl halides is 1. The largest absolute Gasteiger partial charge is 0.493 e. The third-order valence-electron chi connectivity index (χ3n) is 2.08. The maximum absolute atomic E-state index is 5.90. The van der Waals surface area contributed by atoms with Gasteiger partial charge in [-0.1, -0.05) is 22.0 Å². The molecule has 16 heavy (non-hydrogen) atoms. The topological polar surface area (TPSA) is 27.7 Å². The molecule has 0 aliphatic carbocycles. The molecule has 0 bridgehead atoms. The summed E-state index contributed by atoms with van der Waals surface area (Å²) in [4.78, 5) is 0. The molecule has 3 nitrogen and oxygen atoms in total. The highest BCUT2D eigenvalue weighted by Gasteiger charge is 2.22. The number of benzene rings is 1. The summed E-state index contributed by atoms with van der Waals surface area (Å²) in [6.45, 7) is 3.99. The summed E-state index contributed by atoms with van der Waals surface area (Å²) < 4.78 is 16.4. The molecule has 0 atom stereocenters. The fraction of sp³-hybridized carbons (Fsp3) is 0.500. The zero-order valence-electron chi connectivity index (χ0n) is 10.0. The van der Waals surface area contributed by atoms with Gasteiger partial charge in [-0.3, -0.25) is 0 Å². The summed E-state index contributed by atoms with van der Waals surface area (Å²) in [6.07, 6.45) is 0. The Hall–Kier alpha value is -0.900. The second-order valence-corrected chi connectivity index (χ2v) is 4.55. The van der Waals surface area contributed by atoms with Gasteiger partial charge in [-0.15, -0.1) is 0 Å². The Balaban J connectivity index is 3.09. The van der Waals surface area contributed by atoms with Crippen LogP contribution in [-0.2, 0) is 0 Å². The van der Waals surface area contributed by atoms with E-state index in [1.807, 2.05) is 32.0 Å². The Morgan fingerprint density at radius 3 is 2.00 bits per heavy atom. The molecular formula is C12H17BrO3. The van der Waals surface area contributed by atoms with Crippen molar-refractivity contribution in [2.75, 3.05) is 19.5 Å². The summed E-state index contributed by atoms with van der Waals surface area (Å²) in [5, 5.41) is 0.723. The van der Waals surface area contributed by atoms with Gasteiger partial charge in [0.25, 0.3) is 0 Å². The summed E-state index contributed by atoms with van der Waals surface area (Å²) >= 11 is 3.41. The predicted molar refractivity (Wildman–Crippen MR) is 68.0 cm³/mol. The van der Waals surface area contributed by atoms with E-state index in [0.717, 1.165) is 5.33 Å². The summed E-state index contributed by atoms with van der Waals surface area (Å²) in [7, 11) is 3.23. The third kappa shape index (κ3) is 3.04. The molecule has 0 unspecified atom stereocenters. The van der Waals surface area contributed by atoms with E-state index >= 15 is 0 Å². The van der Waals surface area contributed by atoms with Crippen molar-refractivity contribution in [3.05, 3.63) is 18.2 Å². The van der Waals surface area contributed by atoms with Crippen LogP contribution >= 0.6 is 15.9 Å². The van der Waals surface area contributed by atoms with Gasteiger partial charge in [0.05, 0.1) is 14.2 Å². The van der Waals surface area contributed by atoms with Crippen LogP contribution in [0.5, 0.6) is 17.2 Å². The van der Waals surface area contributed by atoms with Crippen molar-refractivity contribution in [1.29, 1.82) is 0 Å². The van der Waals surface area contributed by atoms with Gasteiger partial charge >= 0.3 is 0 Å². The molecule has 0 saturated heterocycles. The smallest absolute Gasteiger partial charge is 0.204 e. The number of methoxy groups -OCH3 is 2. The van der Waals surface area contributed by atoms with E-state index in [4.69, 9.17) is 14.2 Å². The highest BCUT2D eigenvalue weighted by Crippen LogP contribution is 2.39. The molecule has 0 aromatic heterocycles. The summed E-state index contributed by atoms with van der Waals surface area (Å²) in [5.41, 5.74) is -0.318. The van der Waals surface area contributed by atoms with Gasteiger partial charge in [0.1, 0.15) is 5.60 Å². The lowest BCUT2D eigenvalue weighted by atomic mass is 10.2. The van der Waals surface area contributed by atoms with Crippen molar-refractivity contribution in [2.45, 2.75) is 19.4 Å². The Kier molecular flexibility index (Phi) is 4.47. The number of para-hydroxylation sites is 1. The van der Waals surface area contributed by atoms with Gasteiger partial charge in [-0.25, -0.2) is 0 Å². The first kappa shape index (κ1) is 13.2. The first-order chi connectivity index (χ1) is 7.54. The van der Waals surface area contributed by atoms with E-state index in [1.165, 1.54) is 0 Å². The molecule has 0 radical (unpaired) electrons. The van der Waals surface area contributed by atoms with Crippen LogP contribution in [0.15, 0.2) is 18.2 Å². The summed E-state index contributed by atoms with van der Waals surface area (Å²) in [6, 6.07) is 5.57. The zero-order chi connectivity index (χ0) is 12.2. The van der Waals surface area contributed by atoms with Crippen LogP contribution in [0.2, 0.25) is 0 Å². The predicted octanol–water partition coefficient (Wildman–Crippen LogP) is 3.26. The minimum absolute atomic E-state index is 0.318. The van der Waals surface area contributed by atoms with E-state index in [0.29, 0.717) is 17.2 Å². The second-order valence-electron chi connectivity index (χ2n) is 3.99. The van der Waals surface area contributed by atoms with Crippen molar-refractivity contribution in [1.82, 2.24) is 0 Å². The Labute approximate surface area is 105 Å². The molecule has 4 heteroatoms. The lowest BCUT2D eigenvalue weighted by Crippen LogP contribution is -2.30. The first-order valence-corrected chi connectivity index (χ1v) is 6.12. The number of rotatable bonds is 5. The molecule has 0 aliphatic heterocycles. The molecule has 0 N–H and O–H groups in total. The van der Waals surface area contributed by atoms with Gasteiger partial charge < -0.3 is 14.2 Å². The molecule has 90 valence electrons. The number of ether oxygens (including phenoxy) is 3. The zero-order valence-corrected chi connectivity index (χ0v) is 11.6. The molecule has 0 amide bonds. The fourth-order valence-corrected chi connectivity index (χ4v) is 1.34. The SMILES string of the molecule is COc1cccc(OC)c1OC(C)(C)CBr. The van der Waals surface area contributed by atoms with Crippen molar-refractivity contribution >= 4 is 15.9 Å². The molecule has 1 aromatic carbocycles. The van der Waals surface area contributed by atoms with Crippen LogP contribution in [0.1, 0.15) is 13.8 Å². The van der Waals surface area contributed by atoms with Crippen LogP contribution in [-0.4, -0.2) is 25.2 Å². The van der Waals surface area contributed by atoms with Crippen LogP contribution in [0.4, 0.5) is 0 Å². The van der Waals surface area contributed by atoms with Crippen LogP contribution in [0.25, 0.3) is 0 Å². The van der Waals surface area contributed by atoms with Gasteiger partial charge in [0.15, 0.2) is 11.5 Å². The van der Waals surface area contributed by atoms with E-state index in [9.17, 15) is 0 Å². The van der Waals surface area contributed by atoms with Crippen molar-refractivity contribution in [3.8, 4) is 17.2 Å². The molecule has 0 spiro atoms. The lowest BCUT2D eigenvalue weighted by Gasteiger charge is -2.26. The minimum atomic E-state index is -0.318. The highest BCUT2D eigenvalue weighted by molar-refractivity contribution is 9.09. The highest BCUT2D eigenvalue weighted by atomic mass is 79.9. The minimum Gasteiger partial charge on any atom is -0.493 e. The van der Waals surface area contributed by atoms with Crippen molar-refractivity contribution in [3.63, 3.8) is 0 Å². The van der Waals surface area contributed by atoms with E-state index in [-0.39, 0.29) is 5.60 Å². The maximum atomic E-state index is 5.90. The molecule has 1 aromatic rings. The maximum Gasteiger partial charge on any atom is 0.204 e. The van der Waals surface area contributed by atoms with Crippen LogP contribution in [0.3, 0.4) is 0 Å². The van der Waals surface area contributed by atoms with E-state index < -0.39 is 0 Å². The molecule has 0 fully saturated rings. The first-order valence-electron chi connectivity index (χ1n) is 5.00. The van der Waals surface area contributed by atoms with Crippen molar-refractivity contribution in [2.24, 2.45) is 0 Å². The van der Waals surface area contributed by atoms with E-state index in [1.54, 1.807) is 14.2 Å². The Morgan fingerprint density at radius 1 is 1.12 bits per heavy atom. The third-order valence-corrected chi connectivity index (χ3v) is 3.43. The van der Waals surface area contributed by atoms with Crippen LogP contribution < -0.4 is 14.2 Å². The molecule has 0 aliphatic rings. The van der Waals surface area contributed by atoms with Crippen molar-refractivity contribution < 1.29 is 14.2 Å². The monoisotopic (exact) mass is 288 g/mol. The van der Waals surface area contributed by atoms with Gasteiger partial charge in [-0.05, 0) is 26.0 Å². The fourth-order valence-electron chi connectivity index (χ4n) is 1.22. The normalized spacial score (nSPS) is 11.1. The number of hydrogen-bond acceptors (Lipinski definition) is 3. The average molecular weight is 289 g/mol. The standard InChI is InChI=1S/C12H17BrO3/c1-12(2,8-13)16-11-9(14-3)6-5-7-10(11)15-4/h5-7H,8H2,1-4H3. The van der Waals surface area contributed by atoms with E-state index in [2.05, 4.69) is 15.9 Å². The Bertz CT molecular complexity index is 328. The number of hydrogen-bond donors (Lipinski definition) is 0. The Morgan fingerprint density at radius 2 is 1.62 bits per heavy atom. The van der Waals surface area contributed by atoms with Crippen LogP contribution in [0, 0.1) is 0 Å². The number of halogens is 1. The molecule has 0 heterocycles. The lowest BCUT2D eigenvalue weighted by molar-refractivity contribution is 0.126. The van der Waals surface area contributed by atoms with Gasteiger partial charge in [-0.2, -0.15) is 0 Å². The second kappa shape index (κ2) is 5.43. The van der Waals surface area contributed by atoms with Gasteiger partial charge in [0.2, 0.25) is 5.75 Å². The average Bonchev–Trinajstić information content (AvgIpc) is 2.29. The molecular weight excluding hydrogens is 272 g/mol. The molecule has 0 saturated carbocycles.